The maximum absolute atomic E-state index is 9.38. The molecule has 0 bridgehead atoms. The molecule has 1 aromatic carbocycles. The van der Waals surface area contributed by atoms with E-state index < -0.39 is 6.10 Å². The predicted molar refractivity (Wildman–Crippen MR) is 46.8 cm³/mol. The van der Waals surface area contributed by atoms with Gasteiger partial charge in [-0.15, -0.1) is 5.73 Å². The molecule has 1 atom stereocenters. The van der Waals surface area contributed by atoms with Crippen LogP contribution in [0.3, 0.4) is 0 Å². The molecule has 0 saturated carbocycles. The SMILES string of the molecule is C=C=CC(O)c1cccc(O)c1. The number of aliphatic hydroxyl groups is 1. The summed E-state index contributed by atoms with van der Waals surface area (Å²) in [6.07, 6.45) is 0.684. The van der Waals surface area contributed by atoms with Crippen LogP contribution in [0, 0.1) is 0 Å². The van der Waals surface area contributed by atoms with E-state index in [9.17, 15) is 5.11 Å². The van der Waals surface area contributed by atoms with Crippen LogP contribution in [-0.2, 0) is 0 Å². The number of aromatic hydroxyl groups is 1. The zero-order chi connectivity index (χ0) is 8.97. The van der Waals surface area contributed by atoms with Crippen molar-refractivity contribution in [3.63, 3.8) is 0 Å². The summed E-state index contributed by atoms with van der Waals surface area (Å²) in [5.74, 6) is 0.143. The Balaban J connectivity index is 2.94. The second-order valence-corrected chi connectivity index (χ2v) is 2.41. The van der Waals surface area contributed by atoms with Crippen molar-refractivity contribution in [3.05, 3.63) is 48.2 Å². The van der Waals surface area contributed by atoms with E-state index in [2.05, 4.69) is 12.3 Å². The van der Waals surface area contributed by atoms with Gasteiger partial charge in [0.2, 0.25) is 0 Å². The van der Waals surface area contributed by atoms with Crippen molar-refractivity contribution in [2.45, 2.75) is 6.10 Å². The van der Waals surface area contributed by atoms with Crippen LogP contribution in [0.15, 0.2) is 42.7 Å². The highest BCUT2D eigenvalue weighted by Crippen LogP contribution is 2.18. The van der Waals surface area contributed by atoms with E-state index in [4.69, 9.17) is 5.11 Å². The molecular weight excluding hydrogens is 152 g/mol. The molecule has 1 rings (SSSR count). The second kappa shape index (κ2) is 3.77. The molecule has 0 fully saturated rings. The molecule has 2 nitrogen and oxygen atoms in total. The Hall–Kier alpha value is -1.50. The van der Waals surface area contributed by atoms with Gasteiger partial charge in [0.15, 0.2) is 0 Å². The van der Waals surface area contributed by atoms with Gasteiger partial charge >= 0.3 is 0 Å². The summed E-state index contributed by atoms with van der Waals surface area (Å²) in [7, 11) is 0. The number of rotatable bonds is 2. The fourth-order valence-corrected chi connectivity index (χ4v) is 0.917. The lowest BCUT2D eigenvalue weighted by molar-refractivity contribution is 0.228. The van der Waals surface area contributed by atoms with Gasteiger partial charge in [0, 0.05) is 0 Å². The minimum absolute atomic E-state index is 0.143. The van der Waals surface area contributed by atoms with Gasteiger partial charge in [-0.25, -0.2) is 0 Å². The number of hydrogen-bond acceptors (Lipinski definition) is 2. The summed E-state index contributed by atoms with van der Waals surface area (Å²) in [5.41, 5.74) is 3.11. The molecule has 1 aromatic rings. The number of phenolic OH excluding ortho intramolecular Hbond substituents is 1. The van der Waals surface area contributed by atoms with E-state index in [-0.39, 0.29) is 5.75 Å². The molecule has 62 valence electrons. The molecule has 0 spiro atoms. The van der Waals surface area contributed by atoms with E-state index >= 15 is 0 Å². The first kappa shape index (κ1) is 8.60. The van der Waals surface area contributed by atoms with Crippen LogP contribution in [-0.4, -0.2) is 10.2 Å². The fourth-order valence-electron chi connectivity index (χ4n) is 0.917. The first-order chi connectivity index (χ1) is 5.74. The monoisotopic (exact) mass is 162 g/mol. The molecule has 1 unspecified atom stereocenters. The Morgan fingerprint density at radius 2 is 2.25 bits per heavy atom. The maximum Gasteiger partial charge on any atom is 0.115 e. The summed E-state index contributed by atoms with van der Waals surface area (Å²) < 4.78 is 0. The summed E-state index contributed by atoms with van der Waals surface area (Å²) in [6, 6.07) is 6.44. The molecule has 0 heterocycles. The standard InChI is InChI=1S/C10H10O2/c1-2-4-10(12)8-5-3-6-9(11)7-8/h3-7,10-12H,1H2. The van der Waals surface area contributed by atoms with Crippen molar-refractivity contribution in [3.8, 4) is 5.75 Å². The van der Waals surface area contributed by atoms with Crippen LogP contribution in [0.2, 0.25) is 0 Å². The topological polar surface area (TPSA) is 40.5 Å². The molecule has 0 aliphatic carbocycles. The molecule has 0 saturated heterocycles. The number of hydrogen-bond donors (Lipinski definition) is 2. The first-order valence-corrected chi connectivity index (χ1v) is 3.57. The third-order valence-electron chi connectivity index (χ3n) is 1.49. The number of benzene rings is 1. The fraction of sp³-hybridized carbons (Fsp3) is 0.100. The van der Waals surface area contributed by atoms with Crippen molar-refractivity contribution < 1.29 is 10.2 Å². The van der Waals surface area contributed by atoms with Crippen molar-refractivity contribution in [2.24, 2.45) is 0 Å². The van der Waals surface area contributed by atoms with Crippen LogP contribution < -0.4 is 0 Å². The lowest BCUT2D eigenvalue weighted by Gasteiger charge is -2.04. The zero-order valence-electron chi connectivity index (χ0n) is 6.57. The van der Waals surface area contributed by atoms with Crippen LogP contribution in [0.25, 0.3) is 0 Å². The van der Waals surface area contributed by atoms with E-state index in [1.165, 1.54) is 12.1 Å². The van der Waals surface area contributed by atoms with Crippen molar-refractivity contribution >= 4 is 0 Å². The molecule has 0 radical (unpaired) electrons. The van der Waals surface area contributed by atoms with Gasteiger partial charge in [0.25, 0.3) is 0 Å². The van der Waals surface area contributed by atoms with Gasteiger partial charge < -0.3 is 10.2 Å². The van der Waals surface area contributed by atoms with Crippen molar-refractivity contribution in [2.75, 3.05) is 0 Å². The smallest absolute Gasteiger partial charge is 0.115 e. The Morgan fingerprint density at radius 3 is 2.83 bits per heavy atom. The molecule has 0 amide bonds. The highest BCUT2D eigenvalue weighted by molar-refractivity contribution is 5.30. The summed E-state index contributed by atoms with van der Waals surface area (Å²) in [6.45, 7) is 3.35. The third kappa shape index (κ3) is 1.99. The summed E-state index contributed by atoms with van der Waals surface area (Å²) in [5, 5.41) is 18.4. The first-order valence-electron chi connectivity index (χ1n) is 3.57. The minimum Gasteiger partial charge on any atom is -0.508 e. The Morgan fingerprint density at radius 1 is 1.50 bits per heavy atom. The van der Waals surface area contributed by atoms with Crippen LogP contribution >= 0.6 is 0 Å². The van der Waals surface area contributed by atoms with Gasteiger partial charge in [-0.05, 0) is 23.8 Å². The zero-order valence-corrected chi connectivity index (χ0v) is 6.57. The number of aliphatic hydroxyl groups excluding tert-OH is 1. The van der Waals surface area contributed by atoms with E-state index in [1.54, 1.807) is 18.2 Å². The summed E-state index contributed by atoms with van der Waals surface area (Å²) in [4.78, 5) is 0. The van der Waals surface area contributed by atoms with Gasteiger partial charge in [0.1, 0.15) is 11.9 Å². The average Bonchev–Trinajstić information content (AvgIpc) is 2.05. The third-order valence-corrected chi connectivity index (χ3v) is 1.49. The average molecular weight is 162 g/mol. The lowest BCUT2D eigenvalue weighted by atomic mass is 10.1. The minimum atomic E-state index is -0.741. The van der Waals surface area contributed by atoms with E-state index in [0.717, 1.165) is 0 Å². The molecule has 2 N–H and O–H groups in total. The van der Waals surface area contributed by atoms with Crippen molar-refractivity contribution in [1.29, 1.82) is 0 Å². The van der Waals surface area contributed by atoms with E-state index in [0.29, 0.717) is 5.56 Å². The highest BCUT2D eigenvalue weighted by Gasteiger charge is 2.02. The summed E-state index contributed by atoms with van der Waals surface area (Å²) >= 11 is 0. The quantitative estimate of drug-likeness (QED) is 0.650. The molecular formula is C10H10O2. The van der Waals surface area contributed by atoms with Crippen molar-refractivity contribution in [1.82, 2.24) is 0 Å². The molecule has 0 aromatic heterocycles. The molecule has 12 heavy (non-hydrogen) atoms. The van der Waals surface area contributed by atoms with Crippen LogP contribution in [0.5, 0.6) is 5.75 Å². The largest absolute Gasteiger partial charge is 0.508 e. The van der Waals surface area contributed by atoms with Gasteiger partial charge in [-0.3, -0.25) is 0 Å². The van der Waals surface area contributed by atoms with E-state index in [1.807, 2.05) is 0 Å². The molecule has 0 aliphatic rings. The maximum atomic E-state index is 9.38. The van der Waals surface area contributed by atoms with Crippen LogP contribution in [0.1, 0.15) is 11.7 Å². The second-order valence-electron chi connectivity index (χ2n) is 2.41. The number of phenols is 1. The van der Waals surface area contributed by atoms with Crippen LogP contribution in [0.4, 0.5) is 0 Å². The Bertz CT molecular complexity index is 311. The highest BCUT2D eigenvalue weighted by atomic mass is 16.3. The molecule has 0 aliphatic heterocycles. The van der Waals surface area contributed by atoms with Gasteiger partial charge in [-0.2, -0.15) is 0 Å². The lowest BCUT2D eigenvalue weighted by Crippen LogP contribution is -1.90. The Labute approximate surface area is 71.1 Å². The van der Waals surface area contributed by atoms with Gasteiger partial charge in [-0.1, -0.05) is 18.7 Å². The normalized spacial score (nSPS) is 11.8. The van der Waals surface area contributed by atoms with Gasteiger partial charge in [0.05, 0.1) is 0 Å². The predicted octanol–water partition coefficient (Wildman–Crippen LogP) is 1.77. The Kier molecular flexibility index (Phi) is 2.70. The molecule has 2 heteroatoms.